The molecule has 0 radical (unpaired) electrons. The Bertz CT molecular complexity index is 558. The first-order valence-electron chi connectivity index (χ1n) is 7.63. The molecule has 0 aliphatic carbocycles. The molecular weight excluding hydrogens is 298 g/mol. The van der Waals surface area contributed by atoms with E-state index in [9.17, 15) is 9.59 Å². The molecule has 126 valence electrons. The fourth-order valence-corrected chi connectivity index (χ4v) is 1.68. The summed E-state index contributed by atoms with van der Waals surface area (Å²) in [5.74, 6) is -0.254. The molecule has 23 heavy (non-hydrogen) atoms. The molecule has 0 heterocycles. The SMILES string of the molecule is CCCNC(=O)C(=O)N/N=C\c1ccc(OCC)c(OCC)c1. The van der Waals surface area contributed by atoms with Gasteiger partial charge in [-0.2, -0.15) is 5.10 Å². The minimum absolute atomic E-state index is 0.451. The maximum atomic E-state index is 11.5. The van der Waals surface area contributed by atoms with Crippen molar-refractivity contribution in [2.45, 2.75) is 27.2 Å². The highest BCUT2D eigenvalue weighted by Crippen LogP contribution is 2.27. The maximum Gasteiger partial charge on any atom is 0.329 e. The van der Waals surface area contributed by atoms with Crippen LogP contribution in [0.15, 0.2) is 23.3 Å². The zero-order valence-electron chi connectivity index (χ0n) is 13.7. The molecule has 0 fully saturated rings. The number of hydrogen-bond acceptors (Lipinski definition) is 5. The van der Waals surface area contributed by atoms with Crippen molar-refractivity contribution in [3.8, 4) is 11.5 Å². The standard InChI is InChI=1S/C16H23N3O4/c1-4-9-17-15(20)16(21)19-18-11-12-7-8-13(22-5-2)14(10-12)23-6-3/h7-8,10-11H,4-6,9H2,1-3H3,(H,17,20)(H,19,21)/b18-11-. The summed E-state index contributed by atoms with van der Waals surface area (Å²) >= 11 is 0. The highest BCUT2D eigenvalue weighted by Gasteiger charge is 2.11. The quantitative estimate of drug-likeness (QED) is 0.431. The van der Waals surface area contributed by atoms with Crippen LogP contribution in [-0.2, 0) is 9.59 Å². The lowest BCUT2D eigenvalue weighted by atomic mass is 10.2. The third-order valence-corrected chi connectivity index (χ3v) is 2.69. The molecule has 1 aromatic rings. The zero-order chi connectivity index (χ0) is 17.1. The number of hydrogen-bond donors (Lipinski definition) is 2. The van der Waals surface area contributed by atoms with Crippen LogP contribution < -0.4 is 20.2 Å². The third kappa shape index (κ3) is 6.37. The molecule has 2 amide bonds. The first kappa shape index (κ1) is 18.5. The molecule has 0 bridgehead atoms. The summed E-state index contributed by atoms with van der Waals surface area (Å²) in [4.78, 5) is 22.8. The minimum atomic E-state index is -0.800. The van der Waals surface area contributed by atoms with Gasteiger partial charge in [-0.3, -0.25) is 9.59 Å². The number of carbonyl (C=O) groups is 2. The van der Waals surface area contributed by atoms with Crippen molar-refractivity contribution in [3.63, 3.8) is 0 Å². The van der Waals surface area contributed by atoms with Gasteiger partial charge in [0.1, 0.15) is 0 Å². The molecule has 7 heteroatoms. The van der Waals surface area contributed by atoms with Gasteiger partial charge in [0, 0.05) is 6.54 Å². The fraction of sp³-hybridized carbons (Fsp3) is 0.438. The van der Waals surface area contributed by atoms with Crippen LogP contribution in [-0.4, -0.2) is 37.8 Å². The number of nitrogens with one attached hydrogen (secondary N) is 2. The lowest BCUT2D eigenvalue weighted by Gasteiger charge is -2.11. The second kappa shape index (κ2) is 10.2. The van der Waals surface area contributed by atoms with E-state index >= 15 is 0 Å². The first-order valence-corrected chi connectivity index (χ1v) is 7.63. The van der Waals surface area contributed by atoms with Gasteiger partial charge in [0.25, 0.3) is 0 Å². The average Bonchev–Trinajstić information content (AvgIpc) is 2.55. The van der Waals surface area contributed by atoms with E-state index < -0.39 is 11.8 Å². The number of benzene rings is 1. The maximum absolute atomic E-state index is 11.5. The summed E-state index contributed by atoms with van der Waals surface area (Å²) in [5, 5.41) is 6.23. The second-order valence-corrected chi connectivity index (χ2v) is 4.53. The van der Waals surface area contributed by atoms with Crippen molar-refractivity contribution in [2.75, 3.05) is 19.8 Å². The van der Waals surface area contributed by atoms with E-state index in [0.717, 1.165) is 6.42 Å². The monoisotopic (exact) mass is 321 g/mol. The van der Waals surface area contributed by atoms with Gasteiger partial charge < -0.3 is 14.8 Å². The van der Waals surface area contributed by atoms with Gasteiger partial charge in [0.05, 0.1) is 19.4 Å². The Morgan fingerprint density at radius 3 is 2.43 bits per heavy atom. The lowest BCUT2D eigenvalue weighted by Crippen LogP contribution is -2.38. The van der Waals surface area contributed by atoms with Gasteiger partial charge in [0.15, 0.2) is 11.5 Å². The van der Waals surface area contributed by atoms with Crippen molar-refractivity contribution >= 4 is 18.0 Å². The molecule has 1 aromatic carbocycles. The van der Waals surface area contributed by atoms with Gasteiger partial charge in [-0.25, -0.2) is 5.43 Å². The van der Waals surface area contributed by atoms with E-state index in [4.69, 9.17) is 9.47 Å². The number of nitrogens with zero attached hydrogens (tertiary/aromatic N) is 1. The first-order chi connectivity index (χ1) is 11.1. The molecule has 0 aliphatic rings. The van der Waals surface area contributed by atoms with Crippen LogP contribution in [0.3, 0.4) is 0 Å². The van der Waals surface area contributed by atoms with E-state index in [1.165, 1.54) is 6.21 Å². The van der Waals surface area contributed by atoms with Crippen LogP contribution in [0.1, 0.15) is 32.8 Å². The molecule has 0 saturated carbocycles. The van der Waals surface area contributed by atoms with Crippen molar-refractivity contribution < 1.29 is 19.1 Å². The van der Waals surface area contributed by atoms with Gasteiger partial charge in [0.2, 0.25) is 0 Å². The van der Waals surface area contributed by atoms with E-state index in [1.807, 2.05) is 20.8 Å². The Balaban J connectivity index is 2.67. The zero-order valence-corrected chi connectivity index (χ0v) is 13.7. The highest BCUT2D eigenvalue weighted by atomic mass is 16.5. The molecule has 0 unspecified atom stereocenters. The van der Waals surface area contributed by atoms with Crippen LogP contribution in [0.4, 0.5) is 0 Å². The van der Waals surface area contributed by atoms with E-state index in [-0.39, 0.29) is 0 Å². The Kier molecular flexibility index (Phi) is 8.20. The molecular formula is C16H23N3O4. The number of hydrazone groups is 1. The smallest absolute Gasteiger partial charge is 0.329 e. The third-order valence-electron chi connectivity index (χ3n) is 2.69. The summed E-state index contributed by atoms with van der Waals surface area (Å²) < 4.78 is 11.0. The molecule has 0 spiro atoms. The second-order valence-electron chi connectivity index (χ2n) is 4.53. The van der Waals surface area contributed by atoms with Gasteiger partial charge in [-0.15, -0.1) is 0 Å². The largest absolute Gasteiger partial charge is 0.490 e. The van der Waals surface area contributed by atoms with Crippen molar-refractivity contribution in [3.05, 3.63) is 23.8 Å². The van der Waals surface area contributed by atoms with Crippen LogP contribution >= 0.6 is 0 Å². The van der Waals surface area contributed by atoms with Gasteiger partial charge >= 0.3 is 11.8 Å². The summed E-state index contributed by atoms with van der Waals surface area (Å²) in [6, 6.07) is 5.30. The summed E-state index contributed by atoms with van der Waals surface area (Å²) in [7, 11) is 0. The van der Waals surface area contributed by atoms with Gasteiger partial charge in [-0.05, 0) is 44.0 Å². The Hall–Kier alpha value is -2.57. The molecule has 0 aromatic heterocycles. The minimum Gasteiger partial charge on any atom is -0.490 e. The fourth-order valence-electron chi connectivity index (χ4n) is 1.68. The number of ether oxygens (including phenoxy) is 2. The normalized spacial score (nSPS) is 10.4. The molecule has 1 rings (SSSR count). The topological polar surface area (TPSA) is 89.0 Å². The van der Waals surface area contributed by atoms with Gasteiger partial charge in [-0.1, -0.05) is 6.92 Å². The lowest BCUT2D eigenvalue weighted by molar-refractivity contribution is -0.139. The van der Waals surface area contributed by atoms with Crippen molar-refractivity contribution in [2.24, 2.45) is 5.10 Å². The molecule has 2 N–H and O–H groups in total. The number of rotatable bonds is 8. The summed E-state index contributed by atoms with van der Waals surface area (Å²) in [6.45, 7) is 7.17. The number of amides is 2. The van der Waals surface area contributed by atoms with Crippen LogP contribution in [0.5, 0.6) is 11.5 Å². The van der Waals surface area contributed by atoms with Crippen LogP contribution in [0.25, 0.3) is 0 Å². The summed E-state index contributed by atoms with van der Waals surface area (Å²) in [6.07, 6.45) is 2.19. The number of carbonyl (C=O) groups excluding carboxylic acids is 2. The van der Waals surface area contributed by atoms with E-state index in [2.05, 4.69) is 15.8 Å². The molecule has 7 nitrogen and oxygen atoms in total. The van der Waals surface area contributed by atoms with E-state index in [0.29, 0.717) is 36.8 Å². The molecule has 0 aliphatic heterocycles. The predicted octanol–water partition coefficient (Wildman–Crippen LogP) is 1.46. The summed E-state index contributed by atoms with van der Waals surface area (Å²) in [5.41, 5.74) is 2.89. The Labute approximate surface area is 136 Å². The Morgan fingerprint density at radius 1 is 1.09 bits per heavy atom. The van der Waals surface area contributed by atoms with Crippen LogP contribution in [0.2, 0.25) is 0 Å². The Morgan fingerprint density at radius 2 is 1.78 bits per heavy atom. The molecule has 0 atom stereocenters. The molecule has 0 saturated heterocycles. The van der Waals surface area contributed by atoms with Crippen LogP contribution in [0, 0.1) is 0 Å². The highest BCUT2D eigenvalue weighted by molar-refractivity contribution is 6.35. The average molecular weight is 321 g/mol. The van der Waals surface area contributed by atoms with E-state index in [1.54, 1.807) is 18.2 Å². The predicted molar refractivity (Wildman–Crippen MR) is 87.8 cm³/mol. The van der Waals surface area contributed by atoms with Crippen molar-refractivity contribution in [1.82, 2.24) is 10.7 Å². The van der Waals surface area contributed by atoms with Crippen molar-refractivity contribution in [1.29, 1.82) is 0 Å².